The van der Waals surface area contributed by atoms with Crippen LogP contribution in [0.3, 0.4) is 0 Å². The van der Waals surface area contributed by atoms with Crippen molar-refractivity contribution in [2.45, 2.75) is 13.0 Å². The summed E-state index contributed by atoms with van der Waals surface area (Å²) < 4.78 is 7.07. The third-order valence-electron chi connectivity index (χ3n) is 4.64. The average molecular weight is 363 g/mol. The van der Waals surface area contributed by atoms with Crippen molar-refractivity contribution in [1.29, 1.82) is 0 Å². The number of carbonyl (C=O) groups excluding carboxylic acids is 1. The largest absolute Gasteiger partial charge is 0.377 e. The van der Waals surface area contributed by atoms with Crippen LogP contribution in [0.15, 0.2) is 60.9 Å². The van der Waals surface area contributed by atoms with Crippen LogP contribution in [-0.2, 0) is 4.74 Å². The first-order valence-corrected chi connectivity index (χ1v) is 8.94. The Morgan fingerprint density at radius 2 is 2.00 bits per heavy atom. The molecule has 1 amide bonds. The SMILES string of the molecule is CC1COCCN1c1ccc(NC(=O)c2ccccc2-n2ccnn2)cc1. The van der Waals surface area contributed by atoms with Crippen LogP contribution in [-0.4, -0.2) is 46.7 Å². The van der Waals surface area contributed by atoms with Crippen molar-refractivity contribution in [3.63, 3.8) is 0 Å². The number of nitrogens with one attached hydrogen (secondary N) is 1. The van der Waals surface area contributed by atoms with E-state index in [4.69, 9.17) is 4.74 Å². The van der Waals surface area contributed by atoms with Crippen molar-refractivity contribution in [3.05, 3.63) is 66.5 Å². The van der Waals surface area contributed by atoms with Gasteiger partial charge in [0.05, 0.1) is 36.9 Å². The van der Waals surface area contributed by atoms with Crippen molar-refractivity contribution >= 4 is 17.3 Å². The first-order valence-electron chi connectivity index (χ1n) is 8.94. The molecule has 1 fully saturated rings. The smallest absolute Gasteiger partial charge is 0.257 e. The highest BCUT2D eigenvalue weighted by Gasteiger charge is 2.19. The Morgan fingerprint density at radius 1 is 1.19 bits per heavy atom. The molecule has 3 aromatic rings. The lowest BCUT2D eigenvalue weighted by molar-refractivity contribution is 0.0989. The molecule has 27 heavy (non-hydrogen) atoms. The maximum absolute atomic E-state index is 12.8. The van der Waals surface area contributed by atoms with E-state index in [1.54, 1.807) is 23.1 Å². The molecule has 1 saturated heterocycles. The Hall–Kier alpha value is -3.19. The number of anilines is 2. The topological polar surface area (TPSA) is 72.3 Å². The van der Waals surface area contributed by atoms with Gasteiger partial charge in [-0.3, -0.25) is 4.79 Å². The van der Waals surface area contributed by atoms with E-state index in [1.807, 2.05) is 42.5 Å². The van der Waals surface area contributed by atoms with Crippen LogP contribution in [0.5, 0.6) is 0 Å². The van der Waals surface area contributed by atoms with E-state index >= 15 is 0 Å². The first kappa shape index (κ1) is 17.2. The number of amides is 1. The Balaban J connectivity index is 1.51. The van der Waals surface area contributed by atoms with Crippen molar-refractivity contribution in [1.82, 2.24) is 15.0 Å². The number of morpholine rings is 1. The van der Waals surface area contributed by atoms with Crippen molar-refractivity contribution < 1.29 is 9.53 Å². The number of nitrogens with zero attached hydrogens (tertiary/aromatic N) is 4. The minimum atomic E-state index is -0.186. The van der Waals surface area contributed by atoms with Gasteiger partial charge in [0.2, 0.25) is 0 Å². The molecule has 0 spiro atoms. The van der Waals surface area contributed by atoms with Crippen molar-refractivity contribution in [2.24, 2.45) is 0 Å². The second-order valence-electron chi connectivity index (χ2n) is 6.48. The number of aromatic nitrogens is 3. The average Bonchev–Trinajstić information content (AvgIpc) is 3.24. The maximum Gasteiger partial charge on any atom is 0.257 e. The molecular weight excluding hydrogens is 342 g/mol. The lowest BCUT2D eigenvalue weighted by Gasteiger charge is -2.35. The number of para-hydroxylation sites is 1. The fourth-order valence-electron chi connectivity index (χ4n) is 3.25. The van der Waals surface area contributed by atoms with Gasteiger partial charge in [0.1, 0.15) is 0 Å². The summed E-state index contributed by atoms with van der Waals surface area (Å²) in [5, 5.41) is 10.7. The highest BCUT2D eigenvalue weighted by molar-refractivity contribution is 6.06. The summed E-state index contributed by atoms with van der Waals surface area (Å²) in [6.45, 7) is 4.49. The molecule has 1 aliphatic rings. The molecule has 2 heterocycles. The van der Waals surface area contributed by atoms with E-state index < -0.39 is 0 Å². The number of benzene rings is 2. The lowest BCUT2D eigenvalue weighted by Crippen LogP contribution is -2.43. The third kappa shape index (κ3) is 3.68. The van der Waals surface area contributed by atoms with Gasteiger partial charge in [0.15, 0.2) is 0 Å². The van der Waals surface area contributed by atoms with Gasteiger partial charge in [-0.05, 0) is 43.3 Å². The van der Waals surface area contributed by atoms with Gasteiger partial charge in [-0.2, -0.15) is 0 Å². The lowest BCUT2D eigenvalue weighted by atomic mass is 10.1. The molecule has 2 aromatic carbocycles. The molecule has 7 nitrogen and oxygen atoms in total. The highest BCUT2D eigenvalue weighted by atomic mass is 16.5. The maximum atomic E-state index is 12.8. The summed E-state index contributed by atoms with van der Waals surface area (Å²) in [6.07, 6.45) is 3.30. The monoisotopic (exact) mass is 363 g/mol. The zero-order chi connectivity index (χ0) is 18.6. The summed E-state index contributed by atoms with van der Waals surface area (Å²) in [7, 11) is 0. The zero-order valence-corrected chi connectivity index (χ0v) is 15.1. The predicted octanol–water partition coefficient (Wildman–Crippen LogP) is 2.74. The first-order chi connectivity index (χ1) is 13.2. The summed E-state index contributed by atoms with van der Waals surface area (Å²) in [5.74, 6) is -0.186. The van der Waals surface area contributed by atoms with Gasteiger partial charge >= 0.3 is 0 Å². The normalized spacial score (nSPS) is 16.9. The molecular formula is C20H21N5O2. The molecule has 138 valence electrons. The van der Waals surface area contributed by atoms with Crippen molar-refractivity contribution in [2.75, 3.05) is 30.0 Å². The number of rotatable bonds is 4. The summed E-state index contributed by atoms with van der Waals surface area (Å²) in [4.78, 5) is 15.1. The number of hydrogen-bond acceptors (Lipinski definition) is 5. The predicted molar refractivity (Wildman–Crippen MR) is 103 cm³/mol. The summed E-state index contributed by atoms with van der Waals surface area (Å²) in [6, 6.07) is 15.6. The molecule has 7 heteroatoms. The summed E-state index contributed by atoms with van der Waals surface area (Å²) >= 11 is 0. The van der Waals surface area contributed by atoms with Crippen LogP contribution in [0.4, 0.5) is 11.4 Å². The van der Waals surface area contributed by atoms with E-state index in [-0.39, 0.29) is 5.91 Å². The van der Waals surface area contributed by atoms with Crippen LogP contribution in [0.25, 0.3) is 5.69 Å². The molecule has 0 bridgehead atoms. The van der Waals surface area contributed by atoms with Gasteiger partial charge in [0.25, 0.3) is 5.91 Å². The molecule has 4 rings (SSSR count). The second kappa shape index (κ2) is 7.59. The molecule has 1 atom stereocenters. The Bertz CT molecular complexity index is 908. The standard InChI is InChI=1S/C20H21N5O2/c1-15-14-27-13-12-24(15)17-8-6-16(7-9-17)22-20(26)18-4-2-3-5-19(18)25-11-10-21-23-25/h2-11,15H,12-14H2,1H3,(H,22,26). The molecule has 1 aromatic heterocycles. The minimum absolute atomic E-state index is 0.186. The van der Waals surface area contributed by atoms with Crippen LogP contribution in [0.1, 0.15) is 17.3 Å². The van der Waals surface area contributed by atoms with Gasteiger partial charge in [0, 0.05) is 24.0 Å². The van der Waals surface area contributed by atoms with Crippen molar-refractivity contribution in [3.8, 4) is 5.69 Å². The molecule has 0 radical (unpaired) electrons. The van der Waals surface area contributed by atoms with Gasteiger partial charge in [-0.1, -0.05) is 17.3 Å². The minimum Gasteiger partial charge on any atom is -0.377 e. The Labute approximate surface area is 157 Å². The van der Waals surface area contributed by atoms with E-state index in [9.17, 15) is 4.79 Å². The quantitative estimate of drug-likeness (QED) is 0.772. The molecule has 0 aliphatic carbocycles. The fraction of sp³-hybridized carbons (Fsp3) is 0.250. The molecule has 0 saturated carbocycles. The Morgan fingerprint density at radius 3 is 2.74 bits per heavy atom. The van der Waals surface area contributed by atoms with Crippen LogP contribution in [0, 0.1) is 0 Å². The van der Waals surface area contributed by atoms with E-state index in [0.29, 0.717) is 17.3 Å². The molecule has 1 N–H and O–H groups in total. The number of carbonyl (C=O) groups is 1. The fourth-order valence-corrected chi connectivity index (χ4v) is 3.25. The second-order valence-corrected chi connectivity index (χ2v) is 6.48. The van der Waals surface area contributed by atoms with Crippen LogP contribution in [0.2, 0.25) is 0 Å². The van der Waals surface area contributed by atoms with Crippen LogP contribution >= 0.6 is 0 Å². The van der Waals surface area contributed by atoms with E-state index in [0.717, 1.165) is 31.1 Å². The zero-order valence-electron chi connectivity index (χ0n) is 15.1. The summed E-state index contributed by atoms with van der Waals surface area (Å²) in [5.41, 5.74) is 3.10. The highest BCUT2D eigenvalue weighted by Crippen LogP contribution is 2.23. The van der Waals surface area contributed by atoms with Gasteiger partial charge in [-0.15, -0.1) is 5.10 Å². The number of hydrogen-bond donors (Lipinski definition) is 1. The van der Waals surface area contributed by atoms with Gasteiger partial charge < -0.3 is 15.0 Å². The Kier molecular flexibility index (Phi) is 4.84. The third-order valence-corrected chi connectivity index (χ3v) is 4.64. The van der Waals surface area contributed by atoms with E-state index in [1.165, 1.54) is 0 Å². The van der Waals surface area contributed by atoms with Gasteiger partial charge in [-0.25, -0.2) is 4.68 Å². The molecule has 1 aliphatic heterocycles. The van der Waals surface area contributed by atoms with E-state index in [2.05, 4.69) is 27.5 Å². The number of ether oxygens (including phenoxy) is 1. The van der Waals surface area contributed by atoms with Crippen LogP contribution < -0.4 is 10.2 Å². The molecule has 1 unspecified atom stereocenters.